The van der Waals surface area contributed by atoms with Crippen LogP contribution < -0.4 is 9.47 Å². The molecule has 6 rings (SSSR count). The van der Waals surface area contributed by atoms with Gasteiger partial charge in [-0.25, -0.2) is 4.98 Å². The lowest BCUT2D eigenvalue weighted by Crippen LogP contribution is -2.33. The zero-order chi connectivity index (χ0) is 25.2. The summed E-state index contributed by atoms with van der Waals surface area (Å²) in [6, 6.07) is 23.6. The lowest BCUT2D eigenvalue weighted by molar-refractivity contribution is 0.0970. The molecule has 0 saturated heterocycles. The van der Waals surface area contributed by atoms with E-state index in [-0.39, 0.29) is 12.4 Å². The topological polar surface area (TPSA) is 77.1 Å². The summed E-state index contributed by atoms with van der Waals surface area (Å²) in [4.78, 5) is 24.9. The van der Waals surface area contributed by atoms with Crippen LogP contribution >= 0.6 is 0 Å². The van der Waals surface area contributed by atoms with Gasteiger partial charge in [-0.1, -0.05) is 36.4 Å². The lowest BCUT2D eigenvalue weighted by Gasteiger charge is -2.32. The molecule has 1 atom stereocenters. The second kappa shape index (κ2) is 9.54. The van der Waals surface area contributed by atoms with Gasteiger partial charge >= 0.3 is 0 Å². The smallest absolute Gasteiger partial charge is 0.188 e. The molecule has 0 bridgehead atoms. The zero-order valence-electron chi connectivity index (χ0n) is 20.6. The summed E-state index contributed by atoms with van der Waals surface area (Å²) < 4.78 is 13.1. The number of nitrogens with one attached hydrogen (secondary N) is 1. The van der Waals surface area contributed by atoms with Crippen LogP contribution in [-0.2, 0) is 18.6 Å². The van der Waals surface area contributed by atoms with Crippen molar-refractivity contribution in [1.29, 1.82) is 0 Å². The van der Waals surface area contributed by atoms with Gasteiger partial charge in [0.25, 0.3) is 0 Å². The van der Waals surface area contributed by atoms with Gasteiger partial charge in [-0.05, 0) is 61.7 Å². The van der Waals surface area contributed by atoms with Crippen molar-refractivity contribution in [2.24, 2.45) is 0 Å². The minimum absolute atomic E-state index is 0.169. The molecule has 0 radical (unpaired) electrons. The van der Waals surface area contributed by atoms with Crippen LogP contribution in [0.2, 0.25) is 0 Å². The number of aromatic amines is 1. The van der Waals surface area contributed by atoms with Crippen LogP contribution in [0, 0.1) is 0 Å². The first-order valence-electron chi connectivity index (χ1n) is 12.5. The number of pyridine rings is 1. The molecule has 2 heterocycles. The molecule has 6 nitrogen and oxygen atoms in total. The number of imidazole rings is 1. The summed E-state index contributed by atoms with van der Waals surface area (Å²) in [6.45, 7) is 2.29. The minimum Gasteiger partial charge on any atom is -0.489 e. The number of hydrogen-bond acceptors (Lipinski definition) is 5. The number of nitrogens with zero attached hydrogens (tertiary/aromatic N) is 2. The van der Waals surface area contributed by atoms with E-state index in [4.69, 9.17) is 9.47 Å². The number of benzene rings is 3. The fourth-order valence-corrected chi connectivity index (χ4v) is 5.08. The third-order valence-electron chi connectivity index (χ3n) is 7.07. The first-order chi connectivity index (χ1) is 18.1. The maximum absolute atomic E-state index is 12.8. The van der Waals surface area contributed by atoms with Crippen molar-refractivity contribution in [3.63, 3.8) is 0 Å². The van der Waals surface area contributed by atoms with Gasteiger partial charge in [0.1, 0.15) is 18.1 Å². The molecule has 0 spiro atoms. The number of fused-ring (bicyclic) bond motifs is 2. The first-order valence-corrected chi connectivity index (χ1v) is 12.5. The van der Waals surface area contributed by atoms with Crippen molar-refractivity contribution >= 4 is 16.7 Å². The van der Waals surface area contributed by atoms with E-state index in [1.165, 1.54) is 0 Å². The molecule has 0 saturated carbocycles. The molecular weight excluding hydrogens is 462 g/mol. The summed E-state index contributed by atoms with van der Waals surface area (Å²) in [5, 5.41) is 1.01. The van der Waals surface area contributed by atoms with Gasteiger partial charge in [0.05, 0.1) is 5.52 Å². The normalized spacial score (nSPS) is 14.7. The highest BCUT2D eigenvalue weighted by molar-refractivity contribution is 5.99. The maximum Gasteiger partial charge on any atom is 0.188 e. The highest BCUT2D eigenvalue weighted by Gasteiger charge is 2.35. The van der Waals surface area contributed by atoms with Crippen LogP contribution in [0.3, 0.4) is 0 Å². The zero-order valence-corrected chi connectivity index (χ0v) is 20.6. The third-order valence-corrected chi connectivity index (χ3v) is 7.07. The van der Waals surface area contributed by atoms with E-state index < -0.39 is 5.60 Å². The number of ketones is 1. The monoisotopic (exact) mass is 489 g/mol. The number of carbonyl (C=O) groups is 1. The molecule has 184 valence electrons. The van der Waals surface area contributed by atoms with Crippen LogP contribution in [-0.4, -0.2) is 20.7 Å². The Labute approximate surface area is 215 Å². The van der Waals surface area contributed by atoms with Gasteiger partial charge < -0.3 is 14.5 Å². The summed E-state index contributed by atoms with van der Waals surface area (Å²) >= 11 is 0. The van der Waals surface area contributed by atoms with E-state index in [0.717, 1.165) is 51.7 Å². The average molecular weight is 490 g/mol. The Morgan fingerprint density at radius 1 is 0.946 bits per heavy atom. The van der Waals surface area contributed by atoms with Crippen LogP contribution in [0.4, 0.5) is 0 Å². The number of carbonyl (C=O) groups excluding carboxylic acids is 1. The van der Waals surface area contributed by atoms with Gasteiger partial charge in [-0.15, -0.1) is 0 Å². The molecule has 1 N–H and O–H groups in total. The van der Waals surface area contributed by atoms with E-state index in [2.05, 4.69) is 15.0 Å². The Balaban J connectivity index is 1.41. The van der Waals surface area contributed by atoms with E-state index >= 15 is 0 Å². The molecule has 2 aromatic heterocycles. The SMILES string of the molecule is C[C@](Oc1ccc2c(c1COc1ccc3ncccc3c1)CCCC2=O)(c1ccccc1)c1ncc[nH]1. The third kappa shape index (κ3) is 4.35. The Bertz CT molecular complexity index is 1560. The standard InChI is InChI=1S/C31H27N3O3/c1-31(30-33-17-18-34-30,22-8-3-2-4-9-22)37-29-15-13-25-24(10-5-11-28(25)35)26(29)20-36-23-12-14-27-21(19-23)7-6-16-32-27/h2-4,6-9,12-19H,5,10-11,20H2,1H3,(H,33,34)/t31-/m0/s1. The van der Waals surface area contributed by atoms with Gasteiger partial charge in [-0.3, -0.25) is 9.78 Å². The second-order valence-corrected chi connectivity index (χ2v) is 9.43. The lowest BCUT2D eigenvalue weighted by atomic mass is 9.86. The fourth-order valence-electron chi connectivity index (χ4n) is 5.08. The molecule has 5 aromatic rings. The van der Waals surface area contributed by atoms with Crippen LogP contribution in [0.15, 0.2) is 91.4 Å². The molecule has 3 aromatic carbocycles. The van der Waals surface area contributed by atoms with Gasteiger partial charge in [0, 0.05) is 47.1 Å². The molecule has 1 aliphatic carbocycles. The van der Waals surface area contributed by atoms with Crippen molar-refractivity contribution in [2.75, 3.05) is 0 Å². The van der Waals surface area contributed by atoms with Crippen LogP contribution in [0.5, 0.6) is 11.5 Å². The van der Waals surface area contributed by atoms with Crippen LogP contribution in [0.1, 0.15) is 52.6 Å². The number of Topliss-reactive ketones (excluding diaryl/α,β-unsaturated/α-hetero) is 1. The molecule has 6 heteroatoms. The number of hydrogen-bond donors (Lipinski definition) is 1. The minimum atomic E-state index is -0.874. The second-order valence-electron chi connectivity index (χ2n) is 9.43. The Morgan fingerprint density at radius 2 is 1.84 bits per heavy atom. The molecule has 0 aliphatic heterocycles. The fraction of sp³-hybridized carbons (Fsp3) is 0.194. The average Bonchev–Trinajstić information content (AvgIpc) is 3.49. The summed E-state index contributed by atoms with van der Waals surface area (Å²) in [7, 11) is 0. The van der Waals surface area contributed by atoms with Crippen molar-refractivity contribution in [3.8, 4) is 11.5 Å². The highest BCUT2D eigenvalue weighted by atomic mass is 16.5. The summed E-state index contributed by atoms with van der Waals surface area (Å²) in [6.07, 6.45) is 7.50. The number of ether oxygens (including phenoxy) is 2. The molecule has 1 aliphatic rings. The van der Waals surface area contributed by atoms with E-state index in [9.17, 15) is 4.79 Å². The van der Waals surface area contributed by atoms with Gasteiger partial charge in [0.15, 0.2) is 17.2 Å². The Hall–Kier alpha value is -4.45. The summed E-state index contributed by atoms with van der Waals surface area (Å²) in [5.41, 5.74) is 3.67. The number of aromatic nitrogens is 3. The highest BCUT2D eigenvalue weighted by Crippen LogP contribution is 2.38. The van der Waals surface area contributed by atoms with Crippen molar-refractivity contribution in [3.05, 3.63) is 119 Å². The van der Waals surface area contributed by atoms with Crippen molar-refractivity contribution < 1.29 is 14.3 Å². The quantitative estimate of drug-likeness (QED) is 0.286. The predicted octanol–water partition coefficient (Wildman–Crippen LogP) is 6.40. The largest absolute Gasteiger partial charge is 0.489 e. The van der Waals surface area contributed by atoms with Crippen LogP contribution in [0.25, 0.3) is 10.9 Å². The molecule has 0 unspecified atom stereocenters. The Morgan fingerprint density at radius 3 is 2.68 bits per heavy atom. The predicted molar refractivity (Wildman–Crippen MR) is 142 cm³/mol. The molecule has 0 amide bonds. The van der Waals surface area contributed by atoms with Gasteiger partial charge in [-0.2, -0.15) is 0 Å². The van der Waals surface area contributed by atoms with Crippen molar-refractivity contribution in [1.82, 2.24) is 15.0 Å². The molecule has 37 heavy (non-hydrogen) atoms. The van der Waals surface area contributed by atoms with Gasteiger partial charge in [0.2, 0.25) is 0 Å². The van der Waals surface area contributed by atoms with Crippen molar-refractivity contribution in [2.45, 2.75) is 38.4 Å². The van der Waals surface area contributed by atoms with E-state index in [1.807, 2.05) is 79.7 Å². The summed E-state index contributed by atoms with van der Waals surface area (Å²) in [5.74, 6) is 2.28. The molecular formula is C31H27N3O3. The van der Waals surface area contributed by atoms with E-state index in [0.29, 0.717) is 18.0 Å². The number of rotatable bonds is 7. The first kappa shape index (κ1) is 23.0. The maximum atomic E-state index is 12.8. The number of H-pyrrole nitrogens is 1. The Kier molecular flexibility index (Phi) is 5.93. The van der Waals surface area contributed by atoms with E-state index in [1.54, 1.807) is 18.6 Å². The molecule has 0 fully saturated rings.